The Morgan fingerprint density at radius 1 is 1.42 bits per heavy atom. The molecule has 0 bridgehead atoms. The van der Waals surface area contributed by atoms with E-state index in [9.17, 15) is 5.11 Å². The Morgan fingerprint density at radius 2 is 2.11 bits per heavy atom. The molecular weight excluding hydrogens is 272 g/mol. The molecule has 0 aromatic rings. The first-order chi connectivity index (χ1) is 8.72. The summed E-state index contributed by atoms with van der Waals surface area (Å²) in [5, 5.41) is 10.3. The van der Waals surface area contributed by atoms with Gasteiger partial charge in [-0.25, -0.2) is 0 Å². The summed E-state index contributed by atoms with van der Waals surface area (Å²) in [6.45, 7) is 12.0. The predicted octanol–water partition coefficient (Wildman–Crippen LogP) is 4.56. The fourth-order valence-electron chi connectivity index (χ4n) is 1.75. The fourth-order valence-corrected chi connectivity index (χ4v) is 3.93. The van der Waals surface area contributed by atoms with Crippen LogP contribution in [0.25, 0.3) is 0 Å². The van der Waals surface area contributed by atoms with Crippen LogP contribution in [-0.2, 0) is 4.43 Å². The van der Waals surface area contributed by atoms with Gasteiger partial charge in [0.1, 0.15) is 0 Å². The maximum Gasteiger partial charge on any atom is 0.191 e. The molecule has 1 rings (SSSR count). The Kier molecular flexibility index (Phi) is 6.64. The molecule has 112 valence electrons. The highest BCUT2D eigenvalue weighted by atomic mass is 32.2. The van der Waals surface area contributed by atoms with Crippen molar-refractivity contribution in [2.24, 2.45) is 0 Å². The highest BCUT2D eigenvalue weighted by molar-refractivity contribution is 8.03. The molecule has 1 aliphatic rings. The molecule has 0 aromatic heterocycles. The molecule has 2 nitrogen and oxygen atoms in total. The van der Waals surface area contributed by atoms with Gasteiger partial charge in [-0.05, 0) is 48.1 Å². The van der Waals surface area contributed by atoms with Crippen molar-refractivity contribution in [1.82, 2.24) is 0 Å². The molecule has 0 aliphatic carbocycles. The lowest BCUT2D eigenvalue weighted by atomic mass is 10.1. The topological polar surface area (TPSA) is 29.5 Å². The highest BCUT2D eigenvalue weighted by Gasteiger charge is 2.36. The van der Waals surface area contributed by atoms with E-state index in [2.05, 4.69) is 39.9 Å². The van der Waals surface area contributed by atoms with E-state index in [-0.39, 0.29) is 11.1 Å². The van der Waals surface area contributed by atoms with E-state index in [1.807, 2.05) is 11.8 Å². The lowest BCUT2D eigenvalue weighted by Crippen LogP contribution is -2.41. The molecule has 0 aromatic carbocycles. The molecule has 1 N–H and O–H groups in total. The van der Waals surface area contributed by atoms with Gasteiger partial charge in [-0.1, -0.05) is 26.8 Å². The number of hydrogen-bond donors (Lipinski definition) is 1. The minimum Gasteiger partial charge on any atom is -0.417 e. The molecule has 0 spiro atoms. The predicted molar refractivity (Wildman–Crippen MR) is 88.2 cm³/mol. The van der Waals surface area contributed by atoms with Gasteiger partial charge >= 0.3 is 0 Å². The maximum atomic E-state index is 10.1. The molecule has 1 atom stereocenters. The number of allylic oxidation sites excluding steroid dienone is 1. The molecular formula is C15H30O2SSi. The number of rotatable bonds is 6. The zero-order valence-corrected chi connectivity index (χ0v) is 15.0. The van der Waals surface area contributed by atoms with Gasteiger partial charge in [0.15, 0.2) is 8.32 Å². The Balaban J connectivity index is 2.27. The molecule has 0 amide bonds. The lowest BCUT2D eigenvalue weighted by molar-refractivity contribution is 0.136. The van der Waals surface area contributed by atoms with Crippen LogP contribution in [0.15, 0.2) is 11.0 Å². The normalized spacial score (nSPS) is 19.2. The quantitative estimate of drug-likeness (QED) is 0.729. The van der Waals surface area contributed by atoms with Crippen LogP contribution >= 0.6 is 11.8 Å². The second kappa shape index (κ2) is 7.30. The van der Waals surface area contributed by atoms with Crippen LogP contribution in [0.3, 0.4) is 0 Å². The molecule has 4 heteroatoms. The molecule has 0 fully saturated rings. The van der Waals surface area contributed by atoms with Gasteiger partial charge in [0.2, 0.25) is 0 Å². The fraction of sp³-hybridized carbons (Fsp3) is 0.867. The van der Waals surface area contributed by atoms with E-state index in [0.29, 0.717) is 6.61 Å². The molecule has 0 radical (unpaired) electrons. The first-order valence-corrected chi connectivity index (χ1v) is 11.3. The number of hydrogen-bond acceptors (Lipinski definition) is 3. The maximum absolute atomic E-state index is 10.1. The Hall–Kier alpha value is 0.227. The average molecular weight is 303 g/mol. The van der Waals surface area contributed by atoms with Crippen LogP contribution in [-0.4, -0.2) is 31.9 Å². The number of aliphatic hydroxyl groups excluding tert-OH is 1. The van der Waals surface area contributed by atoms with Crippen molar-refractivity contribution in [3.63, 3.8) is 0 Å². The van der Waals surface area contributed by atoms with E-state index in [1.54, 1.807) is 0 Å². The van der Waals surface area contributed by atoms with Crippen molar-refractivity contribution in [1.29, 1.82) is 0 Å². The average Bonchev–Trinajstić information content (AvgIpc) is 2.28. The van der Waals surface area contributed by atoms with E-state index in [1.165, 1.54) is 23.5 Å². The number of aliphatic hydroxyl groups is 1. The van der Waals surface area contributed by atoms with Crippen LogP contribution in [0.4, 0.5) is 0 Å². The van der Waals surface area contributed by atoms with Crippen LogP contribution in [0.2, 0.25) is 18.1 Å². The SMILES string of the molecule is CC(C)(C)[Si](C)(C)OCCC(O)CC1=CCCCS1. The monoisotopic (exact) mass is 302 g/mol. The smallest absolute Gasteiger partial charge is 0.191 e. The third kappa shape index (κ3) is 6.02. The van der Waals surface area contributed by atoms with E-state index >= 15 is 0 Å². The van der Waals surface area contributed by atoms with Gasteiger partial charge in [-0.2, -0.15) is 0 Å². The van der Waals surface area contributed by atoms with E-state index in [4.69, 9.17) is 4.43 Å². The first kappa shape index (κ1) is 17.3. The summed E-state index contributed by atoms with van der Waals surface area (Å²) in [7, 11) is -1.65. The van der Waals surface area contributed by atoms with Gasteiger partial charge in [0, 0.05) is 13.0 Å². The Morgan fingerprint density at radius 3 is 2.63 bits per heavy atom. The highest BCUT2D eigenvalue weighted by Crippen LogP contribution is 2.36. The van der Waals surface area contributed by atoms with E-state index < -0.39 is 8.32 Å². The van der Waals surface area contributed by atoms with Crippen molar-refractivity contribution in [3.8, 4) is 0 Å². The standard InChI is InChI=1S/C15H30O2SSi/c1-15(2,3)19(4,5)17-10-9-13(16)12-14-8-6-7-11-18-14/h8,13,16H,6-7,9-12H2,1-5H3. The van der Waals surface area contributed by atoms with Crippen LogP contribution in [0, 0.1) is 0 Å². The molecule has 0 saturated carbocycles. The summed E-state index contributed by atoms with van der Waals surface area (Å²) in [6.07, 6.45) is 6.05. The largest absolute Gasteiger partial charge is 0.417 e. The zero-order chi connectivity index (χ0) is 14.5. The van der Waals surface area contributed by atoms with Gasteiger partial charge in [-0.3, -0.25) is 0 Å². The van der Waals surface area contributed by atoms with Gasteiger partial charge in [-0.15, -0.1) is 11.8 Å². The number of thioether (sulfide) groups is 1. The molecule has 0 saturated heterocycles. The second-order valence-corrected chi connectivity index (χ2v) is 12.9. The van der Waals surface area contributed by atoms with Gasteiger partial charge < -0.3 is 9.53 Å². The third-order valence-electron chi connectivity index (χ3n) is 4.16. The lowest BCUT2D eigenvalue weighted by Gasteiger charge is -2.36. The summed E-state index contributed by atoms with van der Waals surface area (Å²) in [5.74, 6) is 1.21. The van der Waals surface area contributed by atoms with Crippen molar-refractivity contribution in [2.45, 2.75) is 70.7 Å². The van der Waals surface area contributed by atoms with Gasteiger partial charge in [0.25, 0.3) is 0 Å². The van der Waals surface area contributed by atoms with Crippen molar-refractivity contribution in [2.75, 3.05) is 12.4 Å². The molecule has 19 heavy (non-hydrogen) atoms. The van der Waals surface area contributed by atoms with E-state index in [0.717, 1.165) is 12.8 Å². The van der Waals surface area contributed by atoms with Crippen molar-refractivity contribution < 1.29 is 9.53 Å². The Bertz CT molecular complexity index is 308. The van der Waals surface area contributed by atoms with Crippen molar-refractivity contribution >= 4 is 20.1 Å². The van der Waals surface area contributed by atoms with Crippen LogP contribution < -0.4 is 0 Å². The van der Waals surface area contributed by atoms with Gasteiger partial charge in [0.05, 0.1) is 6.10 Å². The molecule has 1 aliphatic heterocycles. The third-order valence-corrected chi connectivity index (χ3v) is 9.90. The summed E-state index contributed by atoms with van der Waals surface area (Å²) < 4.78 is 6.11. The van der Waals surface area contributed by atoms with Crippen LogP contribution in [0.5, 0.6) is 0 Å². The zero-order valence-electron chi connectivity index (χ0n) is 13.2. The Labute approximate surface area is 124 Å². The molecule has 1 unspecified atom stereocenters. The minimum atomic E-state index is -1.65. The molecule has 1 heterocycles. The summed E-state index contributed by atoms with van der Waals surface area (Å²) in [6, 6.07) is 0. The summed E-state index contributed by atoms with van der Waals surface area (Å²) in [4.78, 5) is 1.37. The first-order valence-electron chi connectivity index (χ1n) is 7.36. The second-order valence-electron chi connectivity index (χ2n) is 6.92. The van der Waals surface area contributed by atoms with Crippen molar-refractivity contribution in [3.05, 3.63) is 11.0 Å². The van der Waals surface area contributed by atoms with Crippen LogP contribution in [0.1, 0.15) is 46.5 Å². The summed E-state index contributed by atoms with van der Waals surface area (Å²) in [5.41, 5.74) is 0. The minimum absolute atomic E-state index is 0.249. The summed E-state index contributed by atoms with van der Waals surface area (Å²) >= 11 is 1.90.